The minimum atomic E-state index is -0.416. The van der Waals surface area contributed by atoms with Gasteiger partial charge in [0.2, 0.25) is 0 Å². The van der Waals surface area contributed by atoms with Crippen molar-refractivity contribution in [1.29, 1.82) is 0 Å². The maximum absolute atomic E-state index is 12.7. The summed E-state index contributed by atoms with van der Waals surface area (Å²) in [5.74, 6) is 2.45. The van der Waals surface area contributed by atoms with Gasteiger partial charge >= 0.3 is 6.09 Å². The second-order valence-corrected chi connectivity index (χ2v) is 7.63. The van der Waals surface area contributed by atoms with Crippen LogP contribution in [0.15, 0.2) is 34.9 Å². The number of hydrogen-bond donors (Lipinski definition) is 0. The summed E-state index contributed by atoms with van der Waals surface area (Å²) in [6.45, 7) is 2.07. The average Bonchev–Trinajstić information content (AvgIpc) is 2.79. The lowest BCUT2D eigenvalue weighted by Crippen LogP contribution is -2.34. The second kappa shape index (κ2) is 9.96. The molecule has 1 amide bonds. The number of halogens is 1. The van der Waals surface area contributed by atoms with E-state index in [2.05, 4.69) is 15.9 Å². The molecule has 7 nitrogen and oxygen atoms in total. The minimum Gasteiger partial charge on any atom is -0.493 e. The van der Waals surface area contributed by atoms with Crippen LogP contribution >= 0.6 is 15.9 Å². The number of benzene rings is 2. The molecular formula is C23H26BrNO6. The van der Waals surface area contributed by atoms with E-state index in [-0.39, 0.29) is 12.6 Å². The SMILES string of the molecule is CCOC(=O)N1C=Cc2cc(OC)c(OC)cc2C1Cc1cc(OC)c(OC)cc1Br. The molecule has 3 rings (SSSR count). The molecule has 0 saturated heterocycles. The maximum Gasteiger partial charge on any atom is 0.414 e. The van der Waals surface area contributed by atoms with Gasteiger partial charge in [-0.2, -0.15) is 0 Å². The highest BCUT2D eigenvalue weighted by molar-refractivity contribution is 9.10. The number of carbonyl (C=O) groups excluding carboxylic acids is 1. The van der Waals surface area contributed by atoms with Crippen molar-refractivity contribution >= 4 is 28.1 Å². The molecule has 0 radical (unpaired) electrons. The number of ether oxygens (including phenoxy) is 5. The van der Waals surface area contributed by atoms with Crippen molar-refractivity contribution < 1.29 is 28.5 Å². The molecule has 1 aliphatic heterocycles. The number of rotatable bonds is 7. The second-order valence-electron chi connectivity index (χ2n) is 6.78. The molecule has 2 aromatic rings. The number of fused-ring (bicyclic) bond motifs is 1. The number of hydrogen-bond acceptors (Lipinski definition) is 6. The van der Waals surface area contributed by atoms with Gasteiger partial charge in [0.05, 0.1) is 41.1 Å². The minimum absolute atomic E-state index is 0.286. The first-order valence-corrected chi connectivity index (χ1v) is 10.6. The first kappa shape index (κ1) is 22.8. The Kier molecular flexibility index (Phi) is 7.33. The third kappa shape index (κ3) is 4.58. The zero-order chi connectivity index (χ0) is 22.5. The van der Waals surface area contributed by atoms with Crippen molar-refractivity contribution in [2.24, 2.45) is 0 Å². The van der Waals surface area contributed by atoms with Gasteiger partial charge in [0.25, 0.3) is 0 Å². The summed E-state index contributed by atoms with van der Waals surface area (Å²) in [6, 6.07) is 7.25. The molecule has 2 aromatic carbocycles. The van der Waals surface area contributed by atoms with Crippen LogP contribution in [0.4, 0.5) is 4.79 Å². The molecule has 1 aliphatic rings. The van der Waals surface area contributed by atoms with Crippen LogP contribution in [0.25, 0.3) is 6.08 Å². The third-order valence-corrected chi connectivity index (χ3v) is 5.88. The van der Waals surface area contributed by atoms with Crippen molar-refractivity contribution in [2.45, 2.75) is 19.4 Å². The predicted molar refractivity (Wildman–Crippen MR) is 121 cm³/mol. The average molecular weight is 492 g/mol. The summed E-state index contributed by atoms with van der Waals surface area (Å²) < 4.78 is 28.0. The Balaban J connectivity index is 2.10. The van der Waals surface area contributed by atoms with Gasteiger partial charge in [0.1, 0.15) is 0 Å². The van der Waals surface area contributed by atoms with Gasteiger partial charge in [-0.3, -0.25) is 4.90 Å². The number of carbonyl (C=O) groups is 1. The van der Waals surface area contributed by atoms with Crippen LogP contribution in [0.5, 0.6) is 23.0 Å². The summed E-state index contributed by atoms with van der Waals surface area (Å²) in [6.07, 6.45) is 3.70. The first-order valence-electron chi connectivity index (χ1n) is 9.76. The van der Waals surface area contributed by atoms with Crippen LogP contribution in [0, 0.1) is 0 Å². The molecule has 0 N–H and O–H groups in total. The zero-order valence-electron chi connectivity index (χ0n) is 18.2. The molecule has 0 bridgehead atoms. The van der Waals surface area contributed by atoms with Crippen LogP contribution in [0.2, 0.25) is 0 Å². The van der Waals surface area contributed by atoms with E-state index in [0.29, 0.717) is 29.4 Å². The summed E-state index contributed by atoms with van der Waals surface area (Å²) >= 11 is 3.62. The first-order chi connectivity index (χ1) is 15.0. The van der Waals surface area contributed by atoms with Gasteiger partial charge in [0, 0.05) is 10.7 Å². The Bertz CT molecular complexity index is 991. The van der Waals surface area contributed by atoms with E-state index in [4.69, 9.17) is 23.7 Å². The van der Waals surface area contributed by atoms with Crippen molar-refractivity contribution in [3.05, 3.63) is 51.6 Å². The standard InChI is InChI=1S/C23H26BrNO6/c1-6-31-23(26)25-8-7-14-10-19(27-2)21(29-4)12-16(14)18(25)9-15-11-20(28-3)22(30-5)13-17(15)24/h7-8,10-13,18H,6,9H2,1-5H3. The van der Waals surface area contributed by atoms with Crippen LogP contribution in [0.1, 0.15) is 29.7 Å². The zero-order valence-corrected chi connectivity index (χ0v) is 19.8. The van der Waals surface area contributed by atoms with E-state index in [9.17, 15) is 4.79 Å². The molecule has 0 spiro atoms. The number of methoxy groups -OCH3 is 4. The maximum atomic E-state index is 12.7. The molecule has 1 atom stereocenters. The van der Waals surface area contributed by atoms with Crippen molar-refractivity contribution in [3.63, 3.8) is 0 Å². The van der Waals surface area contributed by atoms with E-state index in [1.165, 1.54) is 0 Å². The fourth-order valence-electron chi connectivity index (χ4n) is 3.61. The molecule has 166 valence electrons. The summed E-state index contributed by atoms with van der Waals surface area (Å²) in [4.78, 5) is 14.3. The topological polar surface area (TPSA) is 66.5 Å². The fraction of sp³-hybridized carbons (Fsp3) is 0.348. The van der Waals surface area contributed by atoms with Gasteiger partial charge in [0.15, 0.2) is 23.0 Å². The Labute approximate surface area is 190 Å². The Morgan fingerprint density at radius 3 is 2.13 bits per heavy atom. The van der Waals surface area contributed by atoms with Crippen LogP contribution in [-0.2, 0) is 11.2 Å². The van der Waals surface area contributed by atoms with E-state index in [1.807, 2.05) is 30.3 Å². The van der Waals surface area contributed by atoms with E-state index < -0.39 is 6.09 Å². The van der Waals surface area contributed by atoms with Crippen LogP contribution < -0.4 is 18.9 Å². The fourth-order valence-corrected chi connectivity index (χ4v) is 4.10. The lowest BCUT2D eigenvalue weighted by molar-refractivity contribution is 0.109. The molecule has 1 heterocycles. The molecular weight excluding hydrogens is 466 g/mol. The van der Waals surface area contributed by atoms with Gasteiger partial charge in [-0.05, 0) is 60.4 Å². The molecule has 0 fully saturated rings. The van der Waals surface area contributed by atoms with Gasteiger partial charge in [-0.25, -0.2) is 4.79 Å². The van der Waals surface area contributed by atoms with Crippen LogP contribution in [0.3, 0.4) is 0 Å². The summed E-state index contributed by atoms with van der Waals surface area (Å²) in [5.41, 5.74) is 2.82. The highest BCUT2D eigenvalue weighted by atomic mass is 79.9. The highest BCUT2D eigenvalue weighted by Gasteiger charge is 2.31. The number of amides is 1. The molecule has 0 saturated carbocycles. The van der Waals surface area contributed by atoms with E-state index in [0.717, 1.165) is 21.2 Å². The molecule has 1 unspecified atom stereocenters. The van der Waals surface area contributed by atoms with Gasteiger partial charge in [-0.1, -0.05) is 15.9 Å². The molecule has 31 heavy (non-hydrogen) atoms. The lowest BCUT2D eigenvalue weighted by Gasteiger charge is -2.33. The third-order valence-electron chi connectivity index (χ3n) is 5.14. The van der Waals surface area contributed by atoms with Crippen molar-refractivity contribution in [1.82, 2.24) is 4.90 Å². The quantitative estimate of drug-likeness (QED) is 0.529. The van der Waals surface area contributed by atoms with E-state index in [1.54, 1.807) is 46.5 Å². The predicted octanol–water partition coefficient (Wildman–Crippen LogP) is 5.21. The summed E-state index contributed by atoms with van der Waals surface area (Å²) in [5, 5.41) is 0. The van der Waals surface area contributed by atoms with Crippen molar-refractivity contribution in [3.8, 4) is 23.0 Å². The van der Waals surface area contributed by atoms with Gasteiger partial charge < -0.3 is 23.7 Å². The van der Waals surface area contributed by atoms with Crippen LogP contribution in [-0.4, -0.2) is 46.0 Å². The summed E-state index contributed by atoms with van der Waals surface area (Å²) in [7, 11) is 6.37. The smallest absolute Gasteiger partial charge is 0.414 e. The van der Waals surface area contributed by atoms with E-state index >= 15 is 0 Å². The highest BCUT2D eigenvalue weighted by Crippen LogP contribution is 2.42. The molecule has 0 aromatic heterocycles. The molecule has 0 aliphatic carbocycles. The lowest BCUT2D eigenvalue weighted by atomic mass is 9.91. The van der Waals surface area contributed by atoms with Gasteiger partial charge in [-0.15, -0.1) is 0 Å². The van der Waals surface area contributed by atoms with Crippen molar-refractivity contribution in [2.75, 3.05) is 35.0 Å². The Morgan fingerprint density at radius 1 is 0.935 bits per heavy atom. The normalized spacial score (nSPS) is 14.6. The monoisotopic (exact) mass is 491 g/mol. The Hall–Kier alpha value is -2.87. The Morgan fingerprint density at radius 2 is 1.52 bits per heavy atom. The molecule has 8 heteroatoms. The number of nitrogens with zero attached hydrogens (tertiary/aromatic N) is 1. The largest absolute Gasteiger partial charge is 0.493 e.